The number of allylic oxidation sites excluding steroid dienone is 1. The van der Waals surface area contributed by atoms with Crippen LogP contribution in [0.2, 0.25) is 10.0 Å². The van der Waals surface area contributed by atoms with Crippen molar-refractivity contribution in [3.8, 4) is 5.75 Å². The lowest BCUT2D eigenvalue weighted by atomic mass is 9.88. The maximum absolute atomic E-state index is 13.0. The van der Waals surface area contributed by atoms with E-state index in [1.54, 1.807) is 0 Å². The highest BCUT2D eigenvalue weighted by Gasteiger charge is 2.46. The second-order valence-corrected chi connectivity index (χ2v) is 8.35. The van der Waals surface area contributed by atoms with Crippen molar-refractivity contribution in [2.24, 2.45) is 5.16 Å². The van der Waals surface area contributed by atoms with Gasteiger partial charge in [0.25, 0.3) is 11.8 Å². The number of carbonyl (C=O) groups is 3. The minimum atomic E-state index is -2.74. The van der Waals surface area contributed by atoms with Crippen LogP contribution in [0.15, 0.2) is 40.9 Å². The Hall–Kier alpha value is -3.18. The van der Waals surface area contributed by atoms with Gasteiger partial charge in [0.05, 0.1) is 16.5 Å². The number of anilines is 1. The molecule has 1 saturated carbocycles. The molecule has 4 rings (SSSR count). The zero-order valence-corrected chi connectivity index (χ0v) is 18.2. The van der Waals surface area contributed by atoms with Crippen LogP contribution in [0.3, 0.4) is 0 Å². The van der Waals surface area contributed by atoms with Gasteiger partial charge in [0, 0.05) is 42.9 Å². The molecule has 33 heavy (non-hydrogen) atoms. The Morgan fingerprint density at radius 1 is 1.21 bits per heavy atom. The van der Waals surface area contributed by atoms with Crippen LogP contribution in [0, 0.1) is 0 Å². The first kappa shape index (κ1) is 23.0. The van der Waals surface area contributed by atoms with Gasteiger partial charge >= 0.3 is 5.97 Å². The van der Waals surface area contributed by atoms with Crippen LogP contribution in [0.1, 0.15) is 19.3 Å². The molecule has 13 heteroatoms. The van der Waals surface area contributed by atoms with Crippen molar-refractivity contribution in [2.45, 2.75) is 31.2 Å². The summed E-state index contributed by atoms with van der Waals surface area (Å²) >= 11 is 12.5. The van der Waals surface area contributed by atoms with Crippen LogP contribution < -0.4 is 20.7 Å². The topological polar surface area (TPSA) is 118 Å². The molecule has 0 bridgehead atoms. The summed E-state index contributed by atoms with van der Waals surface area (Å²) < 4.78 is 31.7. The second-order valence-electron chi connectivity index (χ2n) is 7.54. The Labute approximate surface area is 195 Å². The van der Waals surface area contributed by atoms with Gasteiger partial charge in [0.2, 0.25) is 5.91 Å². The lowest BCUT2D eigenvalue weighted by Crippen LogP contribution is -2.51. The van der Waals surface area contributed by atoms with E-state index in [1.165, 1.54) is 24.4 Å². The fourth-order valence-electron chi connectivity index (χ4n) is 3.25. The van der Waals surface area contributed by atoms with E-state index in [2.05, 4.69) is 25.9 Å². The molecule has 2 aliphatic heterocycles. The van der Waals surface area contributed by atoms with Crippen molar-refractivity contribution < 1.29 is 32.7 Å². The maximum Gasteiger partial charge on any atom is 0.341 e. The molecule has 3 N–H and O–H groups in total. The van der Waals surface area contributed by atoms with Gasteiger partial charge in [-0.1, -0.05) is 28.4 Å². The first-order valence-corrected chi connectivity index (χ1v) is 10.4. The summed E-state index contributed by atoms with van der Waals surface area (Å²) in [5.74, 6) is -4.23. The molecule has 174 valence electrons. The Morgan fingerprint density at radius 3 is 2.52 bits per heavy atom. The van der Waals surface area contributed by atoms with Crippen LogP contribution in [-0.4, -0.2) is 42.0 Å². The largest absolute Gasteiger partial charge is 0.453 e. The van der Waals surface area contributed by atoms with E-state index in [9.17, 15) is 23.2 Å². The number of benzene rings is 1. The monoisotopic (exact) mass is 500 g/mol. The van der Waals surface area contributed by atoms with Crippen molar-refractivity contribution in [3.05, 3.63) is 45.8 Å². The third kappa shape index (κ3) is 5.42. The van der Waals surface area contributed by atoms with E-state index in [1.807, 2.05) is 0 Å². The van der Waals surface area contributed by atoms with E-state index in [4.69, 9.17) is 27.9 Å². The number of hydrogen-bond acceptors (Lipinski definition) is 7. The molecule has 1 aliphatic carbocycles. The molecule has 1 aromatic carbocycles. The van der Waals surface area contributed by atoms with Gasteiger partial charge in [-0.05, 0) is 18.2 Å². The summed E-state index contributed by atoms with van der Waals surface area (Å²) in [4.78, 5) is 39.9. The minimum Gasteiger partial charge on any atom is -0.453 e. The number of hydrogen-bond donors (Lipinski definition) is 3. The van der Waals surface area contributed by atoms with Crippen LogP contribution >= 0.6 is 23.2 Å². The molecule has 0 saturated heterocycles. The first-order valence-electron chi connectivity index (χ1n) is 9.67. The Morgan fingerprint density at radius 2 is 1.91 bits per heavy atom. The number of nitrogens with one attached hydrogen (secondary N) is 3. The molecule has 2 heterocycles. The number of alkyl halides is 2. The molecule has 0 radical (unpaired) electrons. The summed E-state index contributed by atoms with van der Waals surface area (Å²) in [6.07, 6.45) is 1.92. The SMILES string of the molecule is O=C1CC(C(=O)Nc2cc(Cl)c(OC3=CNCC(C(=O)NC4CC(F)(F)C4)=C3)c(Cl)c2)=NO1. The fourth-order valence-corrected chi connectivity index (χ4v) is 3.82. The number of ether oxygens (including phenoxy) is 1. The van der Waals surface area contributed by atoms with Gasteiger partial charge in [-0.15, -0.1) is 0 Å². The molecule has 2 amide bonds. The molecule has 0 aromatic heterocycles. The van der Waals surface area contributed by atoms with E-state index in [0.717, 1.165) is 0 Å². The molecular weight excluding hydrogens is 485 g/mol. The van der Waals surface area contributed by atoms with E-state index in [-0.39, 0.29) is 64.3 Å². The number of carbonyl (C=O) groups excluding carboxylic acids is 3. The molecule has 1 fully saturated rings. The molecular formula is C20H16Cl2F2N4O5. The zero-order chi connectivity index (χ0) is 23.8. The van der Waals surface area contributed by atoms with Gasteiger partial charge < -0.3 is 25.5 Å². The lowest BCUT2D eigenvalue weighted by Gasteiger charge is -2.35. The van der Waals surface area contributed by atoms with Crippen LogP contribution in [0.5, 0.6) is 5.75 Å². The van der Waals surface area contributed by atoms with Crippen molar-refractivity contribution >= 4 is 52.4 Å². The highest BCUT2D eigenvalue weighted by molar-refractivity contribution is 6.46. The lowest BCUT2D eigenvalue weighted by molar-refractivity contribution is -0.140. The van der Waals surface area contributed by atoms with Crippen LogP contribution in [0.4, 0.5) is 14.5 Å². The van der Waals surface area contributed by atoms with Gasteiger partial charge in [0.1, 0.15) is 5.76 Å². The number of halogens is 4. The number of oxime groups is 1. The van der Waals surface area contributed by atoms with Crippen molar-refractivity contribution in [1.82, 2.24) is 10.6 Å². The number of rotatable bonds is 6. The third-order valence-electron chi connectivity index (χ3n) is 4.88. The highest BCUT2D eigenvalue weighted by Crippen LogP contribution is 2.38. The van der Waals surface area contributed by atoms with E-state index in [0.29, 0.717) is 0 Å². The predicted molar refractivity (Wildman–Crippen MR) is 114 cm³/mol. The number of dihydropyridines is 1. The average Bonchev–Trinajstić information content (AvgIpc) is 3.16. The Kier molecular flexibility index (Phi) is 6.26. The quantitative estimate of drug-likeness (QED) is 0.517. The minimum absolute atomic E-state index is 0.0565. The number of nitrogens with zero attached hydrogens (tertiary/aromatic N) is 1. The Bertz CT molecular complexity index is 1100. The van der Waals surface area contributed by atoms with Gasteiger partial charge in [-0.25, -0.2) is 13.6 Å². The van der Waals surface area contributed by atoms with Crippen LogP contribution in [0.25, 0.3) is 0 Å². The average molecular weight is 501 g/mol. The predicted octanol–water partition coefficient (Wildman–Crippen LogP) is 2.90. The van der Waals surface area contributed by atoms with E-state index < -0.39 is 29.7 Å². The van der Waals surface area contributed by atoms with Crippen molar-refractivity contribution in [2.75, 3.05) is 11.9 Å². The standard InChI is InChI=1S/C20H16Cl2F2N4O5/c21-13-2-10(26-19(31)15-4-16(29)33-28-15)3-14(22)17(13)32-12-1-9(7-25-8-12)18(30)27-11-5-20(23,24)6-11/h1-3,8,11,25H,4-7H2,(H,26,31)(H,27,30). The second kappa shape index (κ2) is 8.99. The number of amides is 2. The summed E-state index contributed by atoms with van der Waals surface area (Å²) in [5.41, 5.74) is 0.425. The fraction of sp³-hybridized carbons (Fsp3) is 0.300. The summed E-state index contributed by atoms with van der Waals surface area (Å²) in [7, 11) is 0. The summed E-state index contributed by atoms with van der Waals surface area (Å²) in [6.45, 7) is 0.185. The van der Waals surface area contributed by atoms with Crippen LogP contribution in [-0.2, 0) is 19.2 Å². The Balaban J connectivity index is 1.41. The molecule has 9 nitrogen and oxygen atoms in total. The van der Waals surface area contributed by atoms with Gasteiger partial charge in [-0.3, -0.25) is 9.59 Å². The van der Waals surface area contributed by atoms with Gasteiger partial charge in [0.15, 0.2) is 11.5 Å². The molecule has 1 aromatic rings. The normalized spacial score (nSPS) is 19.3. The summed E-state index contributed by atoms with van der Waals surface area (Å²) in [6, 6.07) is 2.18. The van der Waals surface area contributed by atoms with Gasteiger partial charge in [-0.2, -0.15) is 0 Å². The van der Waals surface area contributed by atoms with Crippen molar-refractivity contribution in [3.63, 3.8) is 0 Å². The molecule has 0 atom stereocenters. The summed E-state index contributed by atoms with van der Waals surface area (Å²) in [5, 5.41) is 11.4. The maximum atomic E-state index is 13.0. The molecule has 0 unspecified atom stereocenters. The smallest absolute Gasteiger partial charge is 0.341 e. The molecule has 0 spiro atoms. The third-order valence-corrected chi connectivity index (χ3v) is 5.44. The first-order chi connectivity index (χ1) is 15.6. The van der Waals surface area contributed by atoms with Crippen molar-refractivity contribution in [1.29, 1.82) is 0 Å². The highest BCUT2D eigenvalue weighted by atomic mass is 35.5. The molecule has 3 aliphatic rings. The zero-order valence-electron chi connectivity index (χ0n) is 16.7. The van der Waals surface area contributed by atoms with E-state index >= 15 is 0 Å².